The van der Waals surface area contributed by atoms with Gasteiger partial charge in [-0.15, -0.1) is 0 Å². The monoisotopic (exact) mass is 381 g/mol. The molecule has 1 atom stereocenters. The minimum atomic E-state index is 0.377. The minimum absolute atomic E-state index is 0.377. The molecule has 20 heavy (non-hydrogen) atoms. The normalized spacial score (nSPS) is 12.2. The highest BCUT2D eigenvalue weighted by Gasteiger charge is 2.04. The van der Waals surface area contributed by atoms with Crippen LogP contribution in [0.5, 0.6) is 11.5 Å². The Morgan fingerprint density at radius 2 is 1.85 bits per heavy atom. The Kier molecular flexibility index (Phi) is 5.86. The Morgan fingerprint density at radius 3 is 2.50 bits per heavy atom. The molecule has 0 aromatic heterocycles. The van der Waals surface area contributed by atoms with Crippen molar-refractivity contribution in [1.29, 1.82) is 0 Å². The maximum absolute atomic E-state index is 5.85. The van der Waals surface area contributed by atoms with Gasteiger partial charge in [0, 0.05) is 9.61 Å². The fourth-order valence-electron chi connectivity index (χ4n) is 1.97. The van der Waals surface area contributed by atoms with Crippen molar-refractivity contribution in [3.63, 3.8) is 0 Å². The molecule has 2 aromatic carbocycles. The van der Waals surface area contributed by atoms with Crippen LogP contribution in [0, 0.1) is 3.57 Å². The van der Waals surface area contributed by atoms with Crippen molar-refractivity contribution in [2.45, 2.75) is 26.3 Å². The molecule has 2 rings (SSSR count). The van der Waals surface area contributed by atoms with Gasteiger partial charge in [-0.2, -0.15) is 0 Å². The predicted molar refractivity (Wildman–Crippen MR) is 92.4 cm³/mol. The molecule has 0 aliphatic rings. The van der Waals surface area contributed by atoms with Crippen LogP contribution in [0.4, 0.5) is 0 Å². The smallest absolute Gasteiger partial charge is 0.128 e. The van der Waals surface area contributed by atoms with E-state index in [4.69, 9.17) is 4.74 Å². The Hall–Kier alpha value is -1.07. The molecule has 1 unspecified atom stereocenters. The Morgan fingerprint density at radius 1 is 1.10 bits per heavy atom. The maximum Gasteiger partial charge on any atom is 0.128 e. The molecule has 2 nitrogen and oxygen atoms in total. The number of ether oxygens (including phenoxy) is 1. The highest BCUT2D eigenvalue weighted by atomic mass is 127. The molecule has 0 saturated heterocycles. The van der Waals surface area contributed by atoms with Crippen LogP contribution < -0.4 is 10.1 Å². The molecule has 0 amide bonds. The lowest BCUT2D eigenvalue weighted by Gasteiger charge is -2.14. The highest BCUT2D eigenvalue weighted by Crippen LogP contribution is 2.24. The average Bonchev–Trinajstić information content (AvgIpc) is 2.45. The zero-order valence-electron chi connectivity index (χ0n) is 11.9. The number of hydrogen-bond donors (Lipinski definition) is 1. The van der Waals surface area contributed by atoms with E-state index in [1.54, 1.807) is 0 Å². The third-order valence-electron chi connectivity index (χ3n) is 3.11. The topological polar surface area (TPSA) is 21.3 Å². The molecule has 0 fully saturated rings. The van der Waals surface area contributed by atoms with Crippen molar-refractivity contribution in [3.05, 3.63) is 57.7 Å². The second-order valence-corrected chi connectivity index (χ2v) is 6.05. The van der Waals surface area contributed by atoms with Crippen LogP contribution in [0.25, 0.3) is 0 Å². The summed E-state index contributed by atoms with van der Waals surface area (Å²) >= 11 is 2.29. The summed E-state index contributed by atoms with van der Waals surface area (Å²) in [7, 11) is 0. The molecule has 0 aliphatic carbocycles. The summed E-state index contributed by atoms with van der Waals surface area (Å²) in [6.45, 7) is 5.41. The van der Waals surface area contributed by atoms with Crippen LogP contribution in [0.1, 0.15) is 31.9 Å². The van der Waals surface area contributed by atoms with Crippen molar-refractivity contribution in [3.8, 4) is 11.5 Å². The van der Waals surface area contributed by atoms with Crippen LogP contribution in [0.2, 0.25) is 0 Å². The van der Waals surface area contributed by atoms with Gasteiger partial charge in [-0.1, -0.05) is 25.1 Å². The van der Waals surface area contributed by atoms with E-state index in [9.17, 15) is 0 Å². The molecular formula is C17H20INO. The average molecular weight is 381 g/mol. The van der Waals surface area contributed by atoms with Crippen molar-refractivity contribution in [2.75, 3.05) is 6.54 Å². The first kappa shape index (κ1) is 15.3. The summed E-state index contributed by atoms with van der Waals surface area (Å²) in [6.07, 6.45) is 1.15. The first-order valence-electron chi connectivity index (χ1n) is 6.96. The van der Waals surface area contributed by atoms with E-state index < -0.39 is 0 Å². The van der Waals surface area contributed by atoms with Crippen LogP contribution >= 0.6 is 22.6 Å². The van der Waals surface area contributed by atoms with Gasteiger partial charge in [0.1, 0.15) is 11.5 Å². The van der Waals surface area contributed by atoms with E-state index in [0.29, 0.717) is 6.04 Å². The van der Waals surface area contributed by atoms with Crippen molar-refractivity contribution >= 4 is 22.6 Å². The molecule has 2 aromatic rings. The quantitative estimate of drug-likeness (QED) is 0.700. The van der Waals surface area contributed by atoms with Crippen molar-refractivity contribution in [1.82, 2.24) is 5.32 Å². The van der Waals surface area contributed by atoms with E-state index in [1.165, 1.54) is 9.13 Å². The molecular weight excluding hydrogens is 361 g/mol. The summed E-state index contributed by atoms with van der Waals surface area (Å²) in [6, 6.07) is 16.7. The van der Waals surface area contributed by atoms with Crippen LogP contribution in [0.3, 0.4) is 0 Å². The van der Waals surface area contributed by atoms with E-state index in [2.05, 4.69) is 60.0 Å². The zero-order valence-corrected chi connectivity index (χ0v) is 14.1. The molecule has 0 spiro atoms. The third-order valence-corrected chi connectivity index (χ3v) is 3.78. The van der Waals surface area contributed by atoms with E-state index in [0.717, 1.165) is 24.5 Å². The zero-order chi connectivity index (χ0) is 14.4. The molecule has 0 bridgehead atoms. The number of hydrogen-bond acceptors (Lipinski definition) is 2. The second-order valence-electron chi connectivity index (χ2n) is 4.80. The molecule has 0 saturated carbocycles. The van der Waals surface area contributed by atoms with Crippen molar-refractivity contribution in [2.24, 2.45) is 0 Å². The van der Waals surface area contributed by atoms with E-state index >= 15 is 0 Å². The highest BCUT2D eigenvalue weighted by molar-refractivity contribution is 14.1. The molecule has 0 aliphatic heterocycles. The van der Waals surface area contributed by atoms with Gasteiger partial charge in [0.25, 0.3) is 0 Å². The number of nitrogens with one attached hydrogen (secondary N) is 1. The van der Waals surface area contributed by atoms with Gasteiger partial charge < -0.3 is 10.1 Å². The standard InChI is InChI=1S/C17H20INO/c1-3-11-19-13(2)14-7-9-16(10-8-14)20-17-6-4-5-15(18)12-17/h4-10,12-13,19H,3,11H2,1-2H3. The summed E-state index contributed by atoms with van der Waals surface area (Å²) in [4.78, 5) is 0. The number of rotatable bonds is 6. The maximum atomic E-state index is 5.85. The van der Waals surface area contributed by atoms with Gasteiger partial charge in [-0.05, 0) is 78.4 Å². The molecule has 3 heteroatoms. The molecule has 106 valence electrons. The molecule has 0 heterocycles. The molecule has 1 N–H and O–H groups in total. The van der Waals surface area contributed by atoms with E-state index in [1.807, 2.05) is 30.3 Å². The lowest BCUT2D eigenvalue weighted by atomic mass is 10.1. The van der Waals surface area contributed by atoms with Crippen LogP contribution in [0.15, 0.2) is 48.5 Å². The van der Waals surface area contributed by atoms with Crippen LogP contribution in [-0.4, -0.2) is 6.54 Å². The van der Waals surface area contributed by atoms with E-state index in [-0.39, 0.29) is 0 Å². The summed E-state index contributed by atoms with van der Waals surface area (Å²) in [5, 5.41) is 3.48. The Labute approximate surface area is 134 Å². The van der Waals surface area contributed by atoms with Gasteiger partial charge in [0.15, 0.2) is 0 Å². The minimum Gasteiger partial charge on any atom is -0.457 e. The second kappa shape index (κ2) is 7.64. The SMILES string of the molecule is CCCNC(C)c1ccc(Oc2cccc(I)c2)cc1. The summed E-state index contributed by atoms with van der Waals surface area (Å²) < 4.78 is 7.02. The van der Waals surface area contributed by atoms with Crippen LogP contribution in [-0.2, 0) is 0 Å². The van der Waals surface area contributed by atoms with Gasteiger partial charge in [0.2, 0.25) is 0 Å². The first-order valence-corrected chi connectivity index (χ1v) is 8.03. The number of halogens is 1. The van der Waals surface area contributed by atoms with Crippen molar-refractivity contribution < 1.29 is 4.74 Å². The van der Waals surface area contributed by atoms with Gasteiger partial charge in [0.05, 0.1) is 0 Å². The third kappa shape index (κ3) is 4.49. The largest absolute Gasteiger partial charge is 0.457 e. The fraction of sp³-hybridized carbons (Fsp3) is 0.294. The Bertz CT molecular complexity index is 539. The summed E-state index contributed by atoms with van der Waals surface area (Å²) in [5.41, 5.74) is 1.29. The lowest BCUT2D eigenvalue weighted by molar-refractivity contribution is 0.481. The summed E-state index contributed by atoms with van der Waals surface area (Å²) in [5.74, 6) is 1.75. The van der Waals surface area contributed by atoms with Gasteiger partial charge >= 0.3 is 0 Å². The lowest BCUT2D eigenvalue weighted by Crippen LogP contribution is -2.19. The first-order chi connectivity index (χ1) is 9.69. The fourth-order valence-corrected chi connectivity index (χ4v) is 2.48. The predicted octanol–water partition coefficient (Wildman–Crippen LogP) is 5.14. The Balaban J connectivity index is 2.01. The number of benzene rings is 2. The van der Waals surface area contributed by atoms with Gasteiger partial charge in [-0.25, -0.2) is 0 Å². The van der Waals surface area contributed by atoms with Gasteiger partial charge in [-0.3, -0.25) is 0 Å². The molecule has 0 radical (unpaired) electrons.